The van der Waals surface area contributed by atoms with E-state index >= 15 is 0 Å². The molecule has 8 nitrogen and oxygen atoms in total. The Morgan fingerprint density at radius 2 is 2.00 bits per heavy atom. The summed E-state index contributed by atoms with van der Waals surface area (Å²) in [6.45, 7) is 2.16. The number of aryl methyl sites for hydroxylation is 1. The number of methoxy groups -OCH3 is 1. The molecule has 0 fully saturated rings. The monoisotopic (exact) mass is 380 g/mol. The molecular formula is C20H20N4O4. The molecule has 0 saturated heterocycles. The lowest BCUT2D eigenvalue weighted by Crippen LogP contribution is -2.27. The normalized spacial score (nSPS) is 10.4. The van der Waals surface area contributed by atoms with E-state index < -0.39 is 5.91 Å². The Labute approximate surface area is 161 Å². The van der Waals surface area contributed by atoms with Gasteiger partial charge < -0.3 is 19.9 Å². The number of hydrogen-bond acceptors (Lipinski definition) is 6. The van der Waals surface area contributed by atoms with Crippen LogP contribution in [0.5, 0.6) is 5.75 Å². The molecular weight excluding hydrogens is 360 g/mol. The summed E-state index contributed by atoms with van der Waals surface area (Å²) in [6, 6.07) is 12.2. The quantitative estimate of drug-likeness (QED) is 0.653. The fourth-order valence-corrected chi connectivity index (χ4v) is 2.55. The number of hydrogen-bond donors (Lipinski definition) is 2. The van der Waals surface area contributed by atoms with Crippen molar-refractivity contribution in [3.63, 3.8) is 0 Å². The van der Waals surface area contributed by atoms with Crippen LogP contribution in [0, 0.1) is 6.92 Å². The fraction of sp³-hybridized carbons (Fsp3) is 0.200. The first-order chi connectivity index (χ1) is 13.5. The van der Waals surface area contributed by atoms with Gasteiger partial charge in [0.15, 0.2) is 5.82 Å². The number of carbonyl (C=O) groups excluding carboxylic acids is 2. The van der Waals surface area contributed by atoms with E-state index in [0.29, 0.717) is 30.1 Å². The molecule has 144 valence electrons. The number of amides is 2. The minimum Gasteiger partial charge on any atom is -0.497 e. The van der Waals surface area contributed by atoms with Gasteiger partial charge in [0.05, 0.1) is 7.11 Å². The maximum Gasteiger partial charge on any atom is 0.269 e. The van der Waals surface area contributed by atoms with E-state index in [4.69, 9.17) is 9.26 Å². The number of nitrogens with one attached hydrogen (secondary N) is 2. The van der Waals surface area contributed by atoms with Crippen LogP contribution in [0.1, 0.15) is 32.2 Å². The predicted molar refractivity (Wildman–Crippen MR) is 102 cm³/mol. The first kappa shape index (κ1) is 19.1. The molecule has 0 spiro atoms. The molecule has 0 bridgehead atoms. The number of rotatable bonds is 7. The van der Waals surface area contributed by atoms with Gasteiger partial charge >= 0.3 is 0 Å². The molecule has 2 N–H and O–H groups in total. The Kier molecular flexibility index (Phi) is 6.01. The lowest BCUT2D eigenvalue weighted by atomic mass is 10.1. The van der Waals surface area contributed by atoms with Crippen molar-refractivity contribution < 1.29 is 18.8 Å². The third-order valence-electron chi connectivity index (χ3n) is 3.96. The molecule has 0 atom stereocenters. The third kappa shape index (κ3) is 4.94. The average molecular weight is 380 g/mol. The van der Waals surface area contributed by atoms with Gasteiger partial charge in [0.2, 0.25) is 0 Å². The number of ether oxygens (including phenoxy) is 1. The number of anilines is 1. The van der Waals surface area contributed by atoms with Crippen LogP contribution in [0.4, 0.5) is 5.82 Å². The molecule has 0 unspecified atom stereocenters. The molecule has 0 aliphatic heterocycles. The van der Waals surface area contributed by atoms with E-state index in [-0.39, 0.29) is 11.6 Å². The Morgan fingerprint density at radius 3 is 2.75 bits per heavy atom. The van der Waals surface area contributed by atoms with Crippen molar-refractivity contribution in [2.75, 3.05) is 19.0 Å². The second-order valence-corrected chi connectivity index (χ2v) is 6.06. The van der Waals surface area contributed by atoms with Crippen LogP contribution in [-0.2, 0) is 6.42 Å². The molecule has 3 aromatic rings. The highest BCUT2D eigenvalue weighted by molar-refractivity contribution is 6.05. The highest BCUT2D eigenvalue weighted by atomic mass is 16.5. The standard InChI is InChI=1S/C20H20N4O4/c1-13-10-18(24-28-13)23-19(25)15-7-9-21-17(12-15)20(26)22-8-6-14-4-3-5-16(11-14)27-2/h3-5,7,9-12H,6,8H2,1-2H3,(H,22,26)(H,23,24,25). The van der Waals surface area contributed by atoms with Crippen molar-refractivity contribution in [1.82, 2.24) is 15.5 Å². The van der Waals surface area contributed by atoms with Crippen LogP contribution in [0.25, 0.3) is 0 Å². The summed E-state index contributed by atoms with van der Waals surface area (Å²) in [6.07, 6.45) is 2.06. The van der Waals surface area contributed by atoms with E-state index in [9.17, 15) is 9.59 Å². The lowest BCUT2D eigenvalue weighted by molar-refractivity contribution is 0.0949. The third-order valence-corrected chi connectivity index (χ3v) is 3.96. The van der Waals surface area contributed by atoms with Crippen LogP contribution < -0.4 is 15.4 Å². The predicted octanol–water partition coefficient (Wildman–Crippen LogP) is 2.61. The first-order valence-electron chi connectivity index (χ1n) is 8.67. The number of pyridine rings is 1. The maximum atomic E-state index is 12.3. The Bertz CT molecular complexity index is 984. The van der Waals surface area contributed by atoms with Gasteiger partial charge in [0.1, 0.15) is 17.2 Å². The molecule has 0 saturated carbocycles. The number of benzene rings is 1. The van der Waals surface area contributed by atoms with Gasteiger partial charge in [-0.3, -0.25) is 14.6 Å². The molecule has 1 aromatic carbocycles. The van der Waals surface area contributed by atoms with Crippen LogP contribution in [0.3, 0.4) is 0 Å². The zero-order chi connectivity index (χ0) is 19.9. The zero-order valence-electron chi connectivity index (χ0n) is 15.6. The van der Waals surface area contributed by atoms with Crippen LogP contribution in [0.2, 0.25) is 0 Å². The zero-order valence-corrected chi connectivity index (χ0v) is 15.6. The summed E-state index contributed by atoms with van der Waals surface area (Å²) in [7, 11) is 1.61. The molecule has 0 radical (unpaired) electrons. The second-order valence-electron chi connectivity index (χ2n) is 6.06. The highest BCUT2D eigenvalue weighted by Gasteiger charge is 2.13. The number of aromatic nitrogens is 2. The van der Waals surface area contributed by atoms with Gasteiger partial charge in [0, 0.05) is 24.4 Å². The number of carbonyl (C=O) groups is 2. The van der Waals surface area contributed by atoms with E-state index in [1.165, 1.54) is 18.3 Å². The SMILES string of the molecule is COc1cccc(CCNC(=O)c2cc(C(=O)Nc3cc(C)on3)ccn2)c1. The van der Waals surface area contributed by atoms with Gasteiger partial charge in [-0.25, -0.2) is 0 Å². The highest BCUT2D eigenvalue weighted by Crippen LogP contribution is 2.13. The summed E-state index contributed by atoms with van der Waals surface area (Å²) in [5.74, 6) is 0.909. The number of nitrogens with zero attached hydrogens (tertiary/aromatic N) is 2. The molecule has 28 heavy (non-hydrogen) atoms. The molecule has 2 aromatic heterocycles. The van der Waals surface area contributed by atoms with Gasteiger partial charge in [-0.05, 0) is 43.2 Å². The van der Waals surface area contributed by atoms with Crippen LogP contribution >= 0.6 is 0 Å². The average Bonchev–Trinajstić information content (AvgIpc) is 3.12. The van der Waals surface area contributed by atoms with Crippen LogP contribution in [0.15, 0.2) is 53.2 Å². The molecule has 8 heteroatoms. The Morgan fingerprint density at radius 1 is 1.14 bits per heavy atom. The van der Waals surface area contributed by atoms with E-state index in [0.717, 1.165) is 11.3 Å². The van der Waals surface area contributed by atoms with Gasteiger partial charge in [0.25, 0.3) is 11.8 Å². The molecule has 2 amide bonds. The Balaban J connectivity index is 1.57. The maximum absolute atomic E-state index is 12.3. The largest absolute Gasteiger partial charge is 0.497 e. The summed E-state index contributed by atoms with van der Waals surface area (Å²) in [5.41, 5.74) is 1.51. The van der Waals surface area contributed by atoms with E-state index in [1.54, 1.807) is 20.1 Å². The van der Waals surface area contributed by atoms with E-state index in [2.05, 4.69) is 20.8 Å². The lowest BCUT2D eigenvalue weighted by Gasteiger charge is -2.07. The molecule has 3 rings (SSSR count). The van der Waals surface area contributed by atoms with Crippen LogP contribution in [-0.4, -0.2) is 35.6 Å². The Hall–Kier alpha value is -3.68. The van der Waals surface area contributed by atoms with Crippen molar-refractivity contribution >= 4 is 17.6 Å². The molecule has 2 heterocycles. The van der Waals surface area contributed by atoms with Crippen molar-refractivity contribution in [3.05, 3.63) is 71.2 Å². The van der Waals surface area contributed by atoms with E-state index in [1.807, 2.05) is 24.3 Å². The van der Waals surface area contributed by atoms with Crippen molar-refractivity contribution in [1.29, 1.82) is 0 Å². The summed E-state index contributed by atoms with van der Waals surface area (Å²) >= 11 is 0. The molecule has 0 aliphatic carbocycles. The summed E-state index contributed by atoms with van der Waals surface area (Å²) in [4.78, 5) is 28.7. The van der Waals surface area contributed by atoms with Gasteiger partial charge in [-0.15, -0.1) is 0 Å². The first-order valence-corrected chi connectivity index (χ1v) is 8.67. The van der Waals surface area contributed by atoms with Gasteiger partial charge in [-0.2, -0.15) is 0 Å². The molecule has 0 aliphatic rings. The minimum atomic E-state index is -0.402. The smallest absolute Gasteiger partial charge is 0.269 e. The topological polar surface area (TPSA) is 106 Å². The van der Waals surface area contributed by atoms with Crippen molar-refractivity contribution in [3.8, 4) is 5.75 Å². The second kappa shape index (κ2) is 8.81. The summed E-state index contributed by atoms with van der Waals surface area (Å²) in [5, 5.41) is 9.12. The summed E-state index contributed by atoms with van der Waals surface area (Å²) < 4.78 is 10.1. The van der Waals surface area contributed by atoms with Crippen molar-refractivity contribution in [2.24, 2.45) is 0 Å². The minimum absolute atomic E-state index is 0.162. The fourth-order valence-electron chi connectivity index (χ4n) is 2.55. The van der Waals surface area contributed by atoms with Gasteiger partial charge in [-0.1, -0.05) is 17.3 Å². The van der Waals surface area contributed by atoms with Crippen molar-refractivity contribution in [2.45, 2.75) is 13.3 Å².